The number of nitro benzene ring substituents is 1. The van der Waals surface area contributed by atoms with Gasteiger partial charge in [-0.3, -0.25) is 24.7 Å². The van der Waals surface area contributed by atoms with Gasteiger partial charge in [-0.2, -0.15) is 0 Å². The molecule has 1 spiro atoms. The number of nitro groups is 1. The standard InChI is InChI=1S/C51H61FN8O7S/c1-33(2)40-7-4-5-8-41(40)44-9-6-18-59(44)36-27-50(28-36)13-19-58(20-14-50)45-26-47(67-38-24-35-12-17-53-48(35)54-29-38)42(23-34(45)3)49(61)56-68(64,65)39-10-11-43(46(25-39)60(62)63)55-32-51(52)15-21-57(22-16-51)37-30-66-31-37/h4-5,7-8,10-12,17,23-26,29,33,36-37,44,55H,6,9,13-16,18-22,27-28,30-32H2,1-3H3,(H,53,54)(H,56,61). The fraction of sp³-hybridized carbons (Fsp3) is 0.490. The summed E-state index contributed by atoms with van der Waals surface area (Å²) in [6.45, 7) is 11.5. The Balaban J connectivity index is 0.841. The maximum Gasteiger partial charge on any atom is 0.293 e. The summed E-state index contributed by atoms with van der Waals surface area (Å²) in [5.74, 6) is 0.00625. The Morgan fingerprint density at radius 1 is 1.00 bits per heavy atom. The molecule has 1 aliphatic carbocycles. The van der Waals surface area contributed by atoms with E-state index in [0.717, 1.165) is 55.2 Å². The number of nitrogens with one attached hydrogen (secondary N) is 3. The molecule has 3 N–H and O–H groups in total. The van der Waals surface area contributed by atoms with Gasteiger partial charge in [-0.1, -0.05) is 38.1 Å². The van der Waals surface area contributed by atoms with Crippen LogP contribution in [0.15, 0.2) is 84.0 Å². The van der Waals surface area contributed by atoms with Crippen molar-refractivity contribution in [2.45, 2.75) is 107 Å². The number of carbonyl (C=O) groups excluding carboxylic acids is 1. The molecule has 1 unspecified atom stereocenters. The summed E-state index contributed by atoms with van der Waals surface area (Å²) in [5.41, 5.74) is 3.34. The Bertz CT molecular complexity index is 2810. The van der Waals surface area contributed by atoms with E-state index in [1.807, 2.05) is 13.0 Å². The van der Waals surface area contributed by atoms with Crippen LogP contribution in [0.3, 0.4) is 0 Å². The van der Waals surface area contributed by atoms with Gasteiger partial charge in [0.25, 0.3) is 21.6 Å². The average molecular weight is 949 g/mol. The van der Waals surface area contributed by atoms with Crippen molar-refractivity contribution < 1.29 is 32.0 Å². The molecule has 68 heavy (non-hydrogen) atoms. The van der Waals surface area contributed by atoms with Crippen LogP contribution >= 0.6 is 0 Å². The molecule has 15 nitrogen and oxygen atoms in total. The fourth-order valence-electron chi connectivity index (χ4n) is 11.5. The minimum Gasteiger partial charge on any atom is -0.455 e. The van der Waals surface area contributed by atoms with Crippen molar-refractivity contribution in [2.75, 3.05) is 62.7 Å². The summed E-state index contributed by atoms with van der Waals surface area (Å²) in [6, 6.07) is 20.7. The number of halogens is 1. The second kappa shape index (κ2) is 18.4. The molecule has 0 radical (unpaired) electrons. The van der Waals surface area contributed by atoms with Crippen molar-refractivity contribution >= 4 is 44.0 Å². The quantitative estimate of drug-likeness (QED) is 0.0713. The van der Waals surface area contributed by atoms with E-state index in [1.54, 1.807) is 24.4 Å². The third kappa shape index (κ3) is 9.17. The Morgan fingerprint density at radius 3 is 2.49 bits per heavy atom. The number of rotatable bonds is 14. The van der Waals surface area contributed by atoms with Crippen LogP contribution < -0.4 is 19.7 Å². The maximum absolute atomic E-state index is 15.8. The summed E-state index contributed by atoms with van der Waals surface area (Å²) >= 11 is 0. The zero-order valence-electron chi connectivity index (χ0n) is 39.0. The molecule has 17 heteroatoms. The molecule has 2 aromatic heterocycles. The lowest BCUT2D eigenvalue weighted by Gasteiger charge is -2.56. The molecule has 5 aromatic rings. The highest BCUT2D eigenvalue weighted by atomic mass is 32.2. The van der Waals surface area contributed by atoms with E-state index in [-0.39, 0.29) is 41.8 Å². The number of alkyl halides is 1. The predicted molar refractivity (Wildman–Crippen MR) is 259 cm³/mol. The SMILES string of the molecule is Cc1cc(C(=O)NS(=O)(=O)c2ccc(NCC3(F)CCN(C4COC4)CC3)c([N+](=O)[O-])c2)c(Oc2cnc3[nH]ccc3c2)cc1N1CCC2(CC1)CC(N1CCCC1c1ccccc1C(C)C)C2. The van der Waals surface area contributed by atoms with Crippen LogP contribution in [0, 0.1) is 22.5 Å². The number of anilines is 2. The molecule has 0 bridgehead atoms. The van der Waals surface area contributed by atoms with Gasteiger partial charge in [-0.15, -0.1) is 0 Å². The number of ether oxygens (including phenoxy) is 2. The number of piperidine rings is 2. The van der Waals surface area contributed by atoms with Gasteiger partial charge in [0.15, 0.2) is 0 Å². The summed E-state index contributed by atoms with van der Waals surface area (Å²) in [5, 5.41) is 15.9. The molecule has 10 rings (SSSR count). The zero-order chi connectivity index (χ0) is 47.4. The van der Waals surface area contributed by atoms with Crippen molar-refractivity contribution in [1.29, 1.82) is 0 Å². The number of sulfonamides is 1. The number of aromatic nitrogens is 2. The molecule has 360 valence electrons. The summed E-state index contributed by atoms with van der Waals surface area (Å²) in [7, 11) is -4.65. The number of H-pyrrole nitrogens is 1. The Morgan fingerprint density at radius 2 is 1.76 bits per heavy atom. The number of fused-ring (bicyclic) bond motifs is 1. The number of nitrogens with zero attached hydrogens (tertiary/aromatic N) is 5. The molecule has 1 amide bonds. The lowest BCUT2D eigenvalue weighted by atomic mass is 9.59. The first-order chi connectivity index (χ1) is 32.7. The van der Waals surface area contributed by atoms with Crippen LogP contribution in [0.5, 0.6) is 11.5 Å². The van der Waals surface area contributed by atoms with E-state index in [1.165, 1.54) is 55.1 Å². The maximum atomic E-state index is 15.8. The number of amides is 1. The zero-order valence-corrected chi connectivity index (χ0v) is 39.8. The molecule has 4 saturated heterocycles. The van der Waals surface area contributed by atoms with Crippen LogP contribution in [0.2, 0.25) is 0 Å². The van der Waals surface area contributed by atoms with E-state index in [2.05, 4.69) is 72.8 Å². The molecule has 3 aromatic carbocycles. The molecule has 1 atom stereocenters. The van der Waals surface area contributed by atoms with Crippen LogP contribution in [0.4, 0.5) is 21.5 Å². The van der Waals surface area contributed by atoms with Gasteiger partial charge in [0.05, 0.1) is 40.8 Å². The highest BCUT2D eigenvalue weighted by Crippen LogP contribution is 2.54. The van der Waals surface area contributed by atoms with Gasteiger partial charge in [-0.25, -0.2) is 22.5 Å². The second-order valence-electron chi connectivity index (χ2n) is 20.2. The molecule has 5 aliphatic rings. The van der Waals surface area contributed by atoms with Gasteiger partial charge in [0.2, 0.25) is 0 Å². The van der Waals surface area contributed by atoms with Crippen LogP contribution in [-0.2, 0) is 14.8 Å². The lowest BCUT2D eigenvalue weighted by Crippen LogP contribution is -2.55. The minimum atomic E-state index is -4.65. The third-order valence-electron chi connectivity index (χ3n) is 15.5. The highest BCUT2D eigenvalue weighted by molar-refractivity contribution is 7.90. The van der Waals surface area contributed by atoms with Crippen LogP contribution in [-0.4, -0.2) is 109 Å². The molecule has 4 aliphatic heterocycles. The summed E-state index contributed by atoms with van der Waals surface area (Å²) in [4.78, 5) is 40.1. The molecular weight excluding hydrogens is 888 g/mol. The Labute approximate surface area is 397 Å². The van der Waals surface area contributed by atoms with Gasteiger partial charge in [0, 0.05) is 74.2 Å². The third-order valence-corrected chi connectivity index (χ3v) is 16.8. The number of hydrogen-bond donors (Lipinski definition) is 3. The first kappa shape index (κ1) is 46.1. The van der Waals surface area contributed by atoms with Crippen molar-refractivity contribution in [3.8, 4) is 11.5 Å². The van der Waals surface area contributed by atoms with Gasteiger partial charge in [0.1, 0.15) is 28.5 Å². The van der Waals surface area contributed by atoms with Crippen LogP contribution in [0.1, 0.15) is 104 Å². The number of carbonyl (C=O) groups is 1. The monoisotopic (exact) mass is 948 g/mol. The smallest absolute Gasteiger partial charge is 0.293 e. The normalized spacial score (nSPS) is 21.2. The summed E-state index contributed by atoms with van der Waals surface area (Å²) in [6.07, 6.45) is 10.7. The highest BCUT2D eigenvalue weighted by Gasteiger charge is 2.50. The topological polar surface area (TPSA) is 175 Å². The minimum absolute atomic E-state index is 0.0220. The fourth-order valence-corrected chi connectivity index (χ4v) is 12.4. The van der Waals surface area contributed by atoms with E-state index >= 15 is 4.39 Å². The number of hydrogen-bond acceptors (Lipinski definition) is 12. The number of likely N-dealkylation sites (tertiary alicyclic amines) is 2. The lowest BCUT2D eigenvalue weighted by molar-refractivity contribution is -0.384. The molecule has 1 saturated carbocycles. The van der Waals surface area contributed by atoms with Crippen molar-refractivity contribution in [3.63, 3.8) is 0 Å². The molecular formula is C51H61FN8O7S. The van der Waals surface area contributed by atoms with E-state index in [9.17, 15) is 23.3 Å². The van der Waals surface area contributed by atoms with Crippen LogP contribution in [0.25, 0.3) is 11.0 Å². The first-order valence-electron chi connectivity index (χ1n) is 24.1. The Kier molecular flexibility index (Phi) is 12.5. The van der Waals surface area contributed by atoms with Crippen molar-refractivity contribution in [1.82, 2.24) is 24.5 Å². The Hall–Kier alpha value is -5.62. The predicted octanol–water partition coefficient (Wildman–Crippen LogP) is 9.01. The number of benzene rings is 3. The van der Waals surface area contributed by atoms with Crippen molar-refractivity contribution in [3.05, 3.63) is 111 Å². The number of aryl methyl sites for hydroxylation is 1. The van der Waals surface area contributed by atoms with Gasteiger partial charge < -0.3 is 24.7 Å². The summed E-state index contributed by atoms with van der Waals surface area (Å²) < 4.78 is 57.4. The number of pyridine rings is 1. The molecule has 6 heterocycles. The van der Waals surface area contributed by atoms with Crippen molar-refractivity contribution in [2.24, 2.45) is 5.41 Å². The largest absolute Gasteiger partial charge is 0.455 e. The first-order valence-corrected chi connectivity index (χ1v) is 25.6. The van der Waals surface area contributed by atoms with E-state index < -0.39 is 37.1 Å². The van der Waals surface area contributed by atoms with Gasteiger partial charge >= 0.3 is 0 Å². The second-order valence-corrected chi connectivity index (χ2v) is 21.8. The number of aromatic amines is 1. The van der Waals surface area contributed by atoms with Gasteiger partial charge in [-0.05, 0) is 123 Å². The van der Waals surface area contributed by atoms with E-state index in [0.29, 0.717) is 61.7 Å². The van der Waals surface area contributed by atoms with E-state index in [4.69, 9.17) is 9.47 Å². The average Bonchev–Trinajstić information content (AvgIpc) is 3.98. The molecule has 5 fully saturated rings.